The number of piperidine rings is 1. The summed E-state index contributed by atoms with van der Waals surface area (Å²) in [4.78, 5) is 24.7. The van der Waals surface area contributed by atoms with Crippen molar-refractivity contribution in [3.05, 3.63) is 18.0 Å². The molecule has 0 aromatic carbocycles. The molecule has 1 fully saturated rings. The quantitative estimate of drug-likeness (QED) is 0.812. The van der Waals surface area contributed by atoms with Crippen LogP contribution < -0.4 is 0 Å². The van der Waals surface area contributed by atoms with E-state index in [-0.39, 0.29) is 5.91 Å². The van der Waals surface area contributed by atoms with Gasteiger partial charge in [0.15, 0.2) is 0 Å². The van der Waals surface area contributed by atoms with E-state index in [1.165, 1.54) is 15.8 Å². The van der Waals surface area contributed by atoms with Crippen LogP contribution in [0.3, 0.4) is 0 Å². The van der Waals surface area contributed by atoms with Crippen molar-refractivity contribution in [2.24, 2.45) is 7.05 Å². The number of carbonyl (C=O) groups excluding carboxylic acids is 1. The van der Waals surface area contributed by atoms with Crippen molar-refractivity contribution in [2.75, 3.05) is 6.54 Å². The number of aliphatic carboxylic acids is 1. The van der Waals surface area contributed by atoms with Gasteiger partial charge in [0.25, 0.3) is 5.91 Å². The Morgan fingerprint density at radius 3 is 2.82 bits per heavy atom. The van der Waals surface area contributed by atoms with Crippen LogP contribution in [0.15, 0.2) is 12.3 Å². The van der Waals surface area contributed by atoms with Crippen molar-refractivity contribution in [2.45, 2.75) is 25.3 Å². The molecule has 2 heterocycles. The molecule has 2 rings (SSSR count). The van der Waals surface area contributed by atoms with Gasteiger partial charge in [-0.05, 0) is 25.3 Å². The van der Waals surface area contributed by atoms with Crippen LogP contribution in [0.2, 0.25) is 0 Å². The minimum absolute atomic E-state index is 0.253. The average Bonchev–Trinajstić information content (AvgIpc) is 2.74. The van der Waals surface area contributed by atoms with E-state index < -0.39 is 12.0 Å². The van der Waals surface area contributed by atoms with Gasteiger partial charge in [0.1, 0.15) is 11.7 Å². The van der Waals surface area contributed by atoms with Crippen molar-refractivity contribution < 1.29 is 14.7 Å². The summed E-state index contributed by atoms with van der Waals surface area (Å²) in [5.41, 5.74) is 0.429. The van der Waals surface area contributed by atoms with Gasteiger partial charge in [0.05, 0.1) is 0 Å². The van der Waals surface area contributed by atoms with Gasteiger partial charge in [0, 0.05) is 19.8 Å². The van der Waals surface area contributed by atoms with Gasteiger partial charge in [-0.25, -0.2) is 4.79 Å². The van der Waals surface area contributed by atoms with Gasteiger partial charge in [-0.15, -0.1) is 0 Å². The molecular weight excluding hydrogens is 222 g/mol. The van der Waals surface area contributed by atoms with Crippen LogP contribution in [0.5, 0.6) is 0 Å². The topological polar surface area (TPSA) is 75.4 Å². The van der Waals surface area contributed by atoms with E-state index in [0.717, 1.165) is 12.8 Å². The molecule has 1 saturated heterocycles. The van der Waals surface area contributed by atoms with Crippen molar-refractivity contribution in [1.29, 1.82) is 0 Å². The maximum Gasteiger partial charge on any atom is 0.326 e. The molecule has 1 atom stereocenters. The number of rotatable bonds is 2. The molecule has 1 N–H and O–H groups in total. The number of hydrogen-bond donors (Lipinski definition) is 1. The normalized spacial score (nSPS) is 20.3. The molecule has 0 saturated carbocycles. The summed E-state index contributed by atoms with van der Waals surface area (Å²) in [7, 11) is 1.67. The number of aromatic nitrogens is 2. The summed E-state index contributed by atoms with van der Waals surface area (Å²) in [5.74, 6) is -1.18. The maximum absolute atomic E-state index is 12.2. The monoisotopic (exact) mass is 237 g/mol. The highest BCUT2D eigenvalue weighted by atomic mass is 16.4. The standard InChI is InChI=1S/C11H15N3O3/c1-13-8(5-6-12-13)10(15)14-7-3-2-4-9(14)11(16)17/h5-6,9H,2-4,7H2,1H3,(H,16,17)/t9-/m0/s1. The molecule has 6 nitrogen and oxygen atoms in total. The molecule has 0 bridgehead atoms. The summed E-state index contributed by atoms with van der Waals surface area (Å²) in [6.07, 6.45) is 3.77. The molecule has 92 valence electrons. The van der Waals surface area contributed by atoms with Crippen LogP contribution in [0.25, 0.3) is 0 Å². The van der Waals surface area contributed by atoms with Gasteiger partial charge >= 0.3 is 5.97 Å². The zero-order chi connectivity index (χ0) is 12.4. The zero-order valence-electron chi connectivity index (χ0n) is 9.67. The van der Waals surface area contributed by atoms with E-state index in [1.54, 1.807) is 13.1 Å². The second-order valence-electron chi connectivity index (χ2n) is 4.19. The summed E-state index contributed by atoms with van der Waals surface area (Å²) < 4.78 is 1.47. The van der Waals surface area contributed by atoms with Gasteiger partial charge < -0.3 is 10.0 Å². The lowest BCUT2D eigenvalue weighted by Crippen LogP contribution is -2.48. The highest BCUT2D eigenvalue weighted by Crippen LogP contribution is 2.19. The fraction of sp³-hybridized carbons (Fsp3) is 0.545. The van der Waals surface area contributed by atoms with Crippen molar-refractivity contribution in [3.8, 4) is 0 Å². The van der Waals surface area contributed by atoms with Crippen LogP contribution >= 0.6 is 0 Å². The molecule has 6 heteroatoms. The zero-order valence-corrected chi connectivity index (χ0v) is 9.67. The van der Waals surface area contributed by atoms with E-state index in [2.05, 4.69) is 5.10 Å². The van der Waals surface area contributed by atoms with Crippen molar-refractivity contribution in [3.63, 3.8) is 0 Å². The molecule has 1 aromatic heterocycles. The molecule has 0 spiro atoms. The molecule has 1 amide bonds. The first-order chi connectivity index (χ1) is 8.11. The third-order valence-electron chi connectivity index (χ3n) is 3.09. The van der Waals surface area contributed by atoms with Gasteiger partial charge in [-0.2, -0.15) is 5.10 Å². The van der Waals surface area contributed by atoms with Crippen molar-refractivity contribution >= 4 is 11.9 Å². The minimum atomic E-state index is -0.930. The summed E-state index contributed by atoms with van der Waals surface area (Å²) in [6, 6.07) is 0.904. The van der Waals surface area contributed by atoms with Gasteiger partial charge in [-0.1, -0.05) is 0 Å². The fourth-order valence-corrected chi connectivity index (χ4v) is 2.16. The smallest absolute Gasteiger partial charge is 0.326 e. The summed E-state index contributed by atoms with van der Waals surface area (Å²) >= 11 is 0. The Labute approximate surface area is 98.8 Å². The fourth-order valence-electron chi connectivity index (χ4n) is 2.16. The van der Waals surface area contributed by atoms with Crippen LogP contribution in [-0.2, 0) is 11.8 Å². The van der Waals surface area contributed by atoms with E-state index >= 15 is 0 Å². The van der Waals surface area contributed by atoms with E-state index in [0.29, 0.717) is 18.7 Å². The van der Waals surface area contributed by atoms with E-state index in [4.69, 9.17) is 5.11 Å². The lowest BCUT2D eigenvalue weighted by molar-refractivity contribution is -0.143. The first kappa shape index (κ1) is 11.6. The minimum Gasteiger partial charge on any atom is -0.480 e. The third-order valence-corrected chi connectivity index (χ3v) is 3.09. The van der Waals surface area contributed by atoms with Crippen LogP contribution in [0, 0.1) is 0 Å². The Morgan fingerprint density at radius 1 is 1.47 bits per heavy atom. The first-order valence-corrected chi connectivity index (χ1v) is 5.63. The number of likely N-dealkylation sites (tertiary alicyclic amines) is 1. The molecule has 1 aliphatic heterocycles. The van der Waals surface area contributed by atoms with Crippen LogP contribution in [0.1, 0.15) is 29.8 Å². The number of nitrogens with zero attached hydrogens (tertiary/aromatic N) is 3. The Kier molecular flexibility index (Phi) is 3.12. The van der Waals surface area contributed by atoms with Crippen LogP contribution in [-0.4, -0.2) is 44.3 Å². The molecule has 17 heavy (non-hydrogen) atoms. The van der Waals surface area contributed by atoms with E-state index in [1.807, 2.05) is 0 Å². The summed E-state index contributed by atoms with van der Waals surface area (Å²) in [6.45, 7) is 0.501. The highest BCUT2D eigenvalue weighted by molar-refractivity contribution is 5.95. The largest absolute Gasteiger partial charge is 0.480 e. The Hall–Kier alpha value is -1.85. The first-order valence-electron chi connectivity index (χ1n) is 5.63. The second-order valence-corrected chi connectivity index (χ2v) is 4.19. The van der Waals surface area contributed by atoms with Gasteiger partial charge in [0.2, 0.25) is 0 Å². The molecule has 1 aromatic rings. The second kappa shape index (κ2) is 4.57. The molecule has 0 aliphatic carbocycles. The molecular formula is C11H15N3O3. The maximum atomic E-state index is 12.2. The predicted molar refractivity (Wildman–Crippen MR) is 59.5 cm³/mol. The number of amides is 1. The predicted octanol–water partition coefficient (Wildman–Crippen LogP) is 0.499. The highest BCUT2D eigenvalue weighted by Gasteiger charge is 2.33. The molecule has 1 aliphatic rings. The van der Waals surface area contributed by atoms with Crippen LogP contribution in [0.4, 0.5) is 0 Å². The van der Waals surface area contributed by atoms with E-state index in [9.17, 15) is 9.59 Å². The Bertz CT molecular complexity index is 441. The molecule has 0 unspecified atom stereocenters. The third kappa shape index (κ3) is 2.15. The number of hydrogen-bond acceptors (Lipinski definition) is 3. The van der Waals surface area contributed by atoms with Crippen molar-refractivity contribution in [1.82, 2.24) is 14.7 Å². The molecule has 0 radical (unpaired) electrons. The number of carbonyl (C=O) groups is 2. The Balaban J connectivity index is 2.23. The lowest BCUT2D eigenvalue weighted by atomic mass is 10.0. The number of carboxylic acids is 1. The lowest BCUT2D eigenvalue weighted by Gasteiger charge is -2.32. The Morgan fingerprint density at radius 2 is 2.24 bits per heavy atom. The summed E-state index contributed by atoms with van der Waals surface area (Å²) in [5, 5.41) is 13.0. The van der Waals surface area contributed by atoms with Gasteiger partial charge in [-0.3, -0.25) is 9.48 Å². The number of aryl methyl sites for hydroxylation is 1. The average molecular weight is 237 g/mol. The SMILES string of the molecule is Cn1nccc1C(=O)N1CCCC[C@H]1C(=O)O. The number of carboxylic acid groups (broad SMARTS) is 1.